The number of benzene rings is 1. The number of hydrogen-bond donors (Lipinski definition) is 1. The molecule has 0 radical (unpaired) electrons. The summed E-state index contributed by atoms with van der Waals surface area (Å²) in [6.45, 7) is 1.77. The minimum absolute atomic E-state index is 0.139. The standard InChI is InChI=1S/C14H12ClF2N4O2S/c1-8-6-18-14-19-13(12(15)21(14,2)7-8)24(22,23)20-11-9(16)4-3-5-10(11)17/h3-7,20H,1-2H3/q+1. The summed E-state index contributed by atoms with van der Waals surface area (Å²) in [7, 11) is -2.81. The Morgan fingerprint density at radius 3 is 2.50 bits per heavy atom. The van der Waals surface area contributed by atoms with Crippen molar-refractivity contribution < 1.29 is 21.7 Å². The lowest BCUT2D eigenvalue weighted by molar-refractivity contribution is -0.713. The molecule has 1 N–H and O–H groups in total. The molecule has 24 heavy (non-hydrogen) atoms. The highest BCUT2D eigenvalue weighted by Gasteiger charge is 2.46. The number of para-hydroxylation sites is 1. The molecular formula is C14H12ClF2N4O2S+. The lowest BCUT2D eigenvalue weighted by atomic mass is 10.3. The van der Waals surface area contributed by atoms with Gasteiger partial charge in [-0.25, -0.2) is 8.78 Å². The molecule has 0 fully saturated rings. The summed E-state index contributed by atoms with van der Waals surface area (Å²) in [5, 5.41) is -0.683. The molecule has 3 rings (SSSR count). The van der Waals surface area contributed by atoms with Crippen LogP contribution in [0.5, 0.6) is 0 Å². The van der Waals surface area contributed by atoms with Gasteiger partial charge in [-0.15, -0.1) is 0 Å². The zero-order valence-corrected chi connectivity index (χ0v) is 14.2. The minimum atomic E-state index is -4.41. The van der Waals surface area contributed by atoms with Crippen molar-refractivity contribution in [3.05, 3.63) is 51.8 Å². The van der Waals surface area contributed by atoms with E-state index in [4.69, 9.17) is 11.6 Å². The first-order valence-electron chi connectivity index (χ1n) is 6.71. The third kappa shape index (κ3) is 2.54. The number of anilines is 1. The smallest absolute Gasteiger partial charge is 0.272 e. The van der Waals surface area contributed by atoms with E-state index in [9.17, 15) is 17.2 Å². The summed E-state index contributed by atoms with van der Waals surface area (Å²) in [4.78, 5) is 7.99. The third-order valence-corrected chi connectivity index (χ3v) is 5.41. The van der Waals surface area contributed by atoms with Gasteiger partial charge in [0.05, 0.1) is 7.05 Å². The zero-order valence-electron chi connectivity index (χ0n) is 12.6. The van der Waals surface area contributed by atoms with Gasteiger partial charge in [-0.1, -0.05) is 6.07 Å². The number of aliphatic imine (C=N–C) groups is 2. The van der Waals surface area contributed by atoms with Crippen LogP contribution in [0.15, 0.2) is 50.1 Å². The Hall–Kier alpha value is -2.10. The fourth-order valence-corrected chi connectivity index (χ4v) is 3.98. The average Bonchev–Trinajstić information content (AvgIpc) is 2.75. The van der Waals surface area contributed by atoms with Crippen LogP contribution in [-0.4, -0.2) is 32.1 Å². The highest BCUT2D eigenvalue weighted by atomic mass is 35.5. The van der Waals surface area contributed by atoms with Crippen molar-refractivity contribution in [2.75, 3.05) is 11.8 Å². The molecule has 0 aliphatic carbocycles. The first-order valence-corrected chi connectivity index (χ1v) is 8.57. The Morgan fingerprint density at radius 1 is 1.25 bits per heavy atom. The van der Waals surface area contributed by atoms with E-state index < -0.39 is 32.4 Å². The normalized spacial score (nSPS) is 23.0. The monoisotopic (exact) mass is 373 g/mol. The van der Waals surface area contributed by atoms with Gasteiger partial charge in [0, 0.05) is 11.8 Å². The quantitative estimate of drug-likeness (QED) is 0.653. The number of sulfonamides is 1. The molecule has 1 aromatic rings. The third-order valence-electron chi connectivity index (χ3n) is 3.50. The van der Waals surface area contributed by atoms with Crippen LogP contribution < -0.4 is 4.72 Å². The SMILES string of the molecule is CC1=C[N+]2(C)C(=NC(S(=O)(=O)Nc3c(F)cccc3F)=C2Cl)N=C1. The Labute approximate surface area is 142 Å². The van der Waals surface area contributed by atoms with Crippen molar-refractivity contribution in [1.29, 1.82) is 0 Å². The van der Waals surface area contributed by atoms with Crippen molar-refractivity contribution in [2.24, 2.45) is 9.98 Å². The molecule has 2 heterocycles. The fourth-order valence-electron chi connectivity index (χ4n) is 2.34. The largest absolute Gasteiger partial charge is 0.340 e. The maximum Gasteiger partial charge on any atom is 0.340 e. The maximum atomic E-state index is 13.7. The molecule has 0 aromatic heterocycles. The van der Waals surface area contributed by atoms with E-state index >= 15 is 0 Å². The molecule has 2 aliphatic rings. The molecule has 10 heteroatoms. The molecule has 6 nitrogen and oxygen atoms in total. The predicted molar refractivity (Wildman–Crippen MR) is 87.6 cm³/mol. The molecule has 0 spiro atoms. The molecule has 2 aliphatic heterocycles. The molecule has 0 amide bonds. The van der Waals surface area contributed by atoms with Crippen molar-refractivity contribution in [1.82, 2.24) is 0 Å². The van der Waals surface area contributed by atoms with E-state index in [2.05, 4.69) is 9.98 Å². The van der Waals surface area contributed by atoms with Crippen LogP contribution in [0.25, 0.3) is 0 Å². The fraction of sp³-hybridized carbons (Fsp3) is 0.143. The van der Waals surface area contributed by atoms with E-state index in [-0.39, 0.29) is 15.6 Å². The van der Waals surface area contributed by atoms with Gasteiger partial charge >= 0.3 is 5.96 Å². The Balaban J connectivity index is 2.07. The van der Waals surface area contributed by atoms with Gasteiger partial charge in [0.1, 0.15) is 23.5 Å². The van der Waals surface area contributed by atoms with Gasteiger partial charge in [-0.2, -0.15) is 22.9 Å². The molecule has 0 saturated carbocycles. The van der Waals surface area contributed by atoms with Crippen molar-refractivity contribution in [3.8, 4) is 0 Å². The first kappa shape index (κ1) is 16.7. The lowest BCUT2D eigenvalue weighted by Gasteiger charge is -2.24. The minimum Gasteiger partial charge on any atom is -0.272 e. The van der Waals surface area contributed by atoms with Crippen molar-refractivity contribution >= 4 is 39.5 Å². The molecular weight excluding hydrogens is 362 g/mol. The second kappa shape index (κ2) is 5.47. The number of hydrogen-bond acceptors (Lipinski definition) is 4. The van der Waals surface area contributed by atoms with Crippen LogP contribution >= 0.6 is 11.6 Å². The molecule has 0 bridgehead atoms. The van der Waals surface area contributed by atoms with Gasteiger partial charge < -0.3 is 0 Å². The number of guanidine groups is 1. The Kier molecular flexibility index (Phi) is 3.82. The van der Waals surface area contributed by atoms with E-state index in [1.165, 1.54) is 6.21 Å². The van der Waals surface area contributed by atoms with Gasteiger partial charge in [-0.3, -0.25) is 4.72 Å². The van der Waals surface area contributed by atoms with Gasteiger partial charge in [0.2, 0.25) is 0 Å². The van der Waals surface area contributed by atoms with Gasteiger partial charge in [0.15, 0.2) is 0 Å². The summed E-state index contributed by atoms with van der Waals surface area (Å²) in [6, 6.07) is 3.00. The molecule has 1 aromatic carbocycles. The number of quaternary nitrogens is 1. The summed E-state index contributed by atoms with van der Waals surface area (Å²) in [5.74, 6) is -1.96. The van der Waals surface area contributed by atoms with Crippen LogP contribution in [0, 0.1) is 11.6 Å². The summed E-state index contributed by atoms with van der Waals surface area (Å²) < 4.78 is 54.0. The molecule has 126 valence electrons. The highest BCUT2D eigenvalue weighted by molar-refractivity contribution is 7.96. The van der Waals surface area contributed by atoms with Crippen LogP contribution in [0.1, 0.15) is 6.92 Å². The summed E-state index contributed by atoms with van der Waals surface area (Å²) in [6.07, 6.45) is 3.18. The van der Waals surface area contributed by atoms with E-state index in [1.54, 1.807) is 20.2 Å². The van der Waals surface area contributed by atoms with E-state index in [0.29, 0.717) is 0 Å². The number of nitrogens with zero attached hydrogens (tertiary/aromatic N) is 3. The first-order chi connectivity index (χ1) is 11.1. The second-order valence-corrected chi connectivity index (χ2v) is 7.37. The summed E-state index contributed by atoms with van der Waals surface area (Å²) >= 11 is 6.20. The molecule has 1 atom stereocenters. The summed E-state index contributed by atoms with van der Waals surface area (Å²) in [5.41, 5.74) is -0.0289. The average molecular weight is 374 g/mol. The number of rotatable bonds is 3. The Morgan fingerprint density at radius 2 is 1.88 bits per heavy atom. The van der Waals surface area contributed by atoms with Crippen molar-refractivity contribution in [3.63, 3.8) is 0 Å². The number of allylic oxidation sites excluding steroid dienone is 1. The number of halogens is 3. The van der Waals surface area contributed by atoms with Crippen LogP contribution in [-0.2, 0) is 10.0 Å². The topological polar surface area (TPSA) is 70.9 Å². The Bertz CT molecular complexity index is 949. The molecule has 0 saturated heterocycles. The number of nitrogens with one attached hydrogen (secondary N) is 1. The van der Waals surface area contributed by atoms with E-state index in [1.807, 2.05) is 4.72 Å². The van der Waals surface area contributed by atoms with Gasteiger partial charge in [-0.05, 0) is 30.7 Å². The van der Waals surface area contributed by atoms with Gasteiger partial charge in [0.25, 0.3) is 20.2 Å². The molecule has 1 unspecified atom stereocenters. The predicted octanol–water partition coefficient (Wildman–Crippen LogP) is 2.88. The van der Waals surface area contributed by atoms with E-state index in [0.717, 1.165) is 23.8 Å². The van der Waals surface area contributed by atoms with Crippen LogP contribution in [0.3, 0.4) is 0 Å². The van der Waals surface area contributed by atoms with Crippen LogP contribution in [0.2, 0.25) is 0 Å². The van der Waals surface area contributed by atoms with Crippen molar-refractivity contribution in [2.45, 2.75) is 6.92 Å². The maximum absolute atomic E-state index is 13.7. The second-order valence-electron chi connectivity index (χ2n) is 5.42. The zero-order chi connectivity index (χ0) is 17.7. The number of fused-ring (bicyclic) bond motifs is 1. The highest BCUT2D eigenvalue weighted by Crippen LogP contribution is 2.37. The lowest BCUT2D eigenvalue weighted by Crippen LogP contribution is -2.40. The van der Waals surface area contributed by atoms with Crippen LogP contribution in [0.4, 0.5) is 14.5 Å².